The first-order chi connectivity index (χ1) is 7.31. The summed E-state index contributed by atoms with van der Waals surface area (Å²) in [6.45, 7) is 1.85. The van der Waals surface area contributed by atoms with E-state index in [1.165, 1.54) is 0 Å². The number of benzene rings is 1. The average molecular weight is 201 g/mol. The summed E-state index contributed by atoms with van der Waals surface area (Å²) in [5.41, 5.74) is 1.28. The van der Waals surface area contributed by atoms with Crippen molar-refractivity contribution in [3.63, 3.8) is 0 Å². The zero-order valence-corrected chi connectivity index (χ0v) is 8.34. The highest BCUT2D eigenvalue weighted by molar-refractivity contribution is 6.10. The minimum Gasteiger partial charge on any atom is -0.460 e. The number of nitrogens with zero attached hydrogens (tertiary/aromatic N) is 1. The molecule has 2 aromatic rings. The first-order valence-corrected chi connectivity index (χ1v) is 4.65. The van der Waals surface area contributed by atoms with E-state index in [0.717, 1.165) is 11.3 Å². The summed E-state index contributed by atoms with van der Waals surface area (Å²) in [4.78, 5) is 0. The van der Waals surface area contributed by atoms with E-state index in [-0.39, 0.29) is 0 Å². The monoisotopic (exact) mass is 201 g/mol. The second-order valence-corrected chi connectivity index (χ2v) is 3.22. The Morgan fingerprint density at radius 2 is 1.87 bits per heavy atom. The summed E-state index contributed by atoms with van der Waals surface area (Å²) in [5, 5.41) is 12.2. The molecule has 0 atom stereocenters. The molecule has 0 aliphatic carbocycles. The van der Waals surface area contributed by atoms with Gasteiger partial charge in [-0.3, -0.25) is 0 Å². The highest BCUT2D eigenvalue weighted by Crippen LogP contribution is 2.13. The van der Waals surface area contributed by atoms with Gasteiger partial charge in [-0.1, -0.05) is 35.5 Å². The molecule has 1 aromatic carbocycles. The van der Waals surface area contributed by atoms with E-state index in [1.807, 2.05) is 43.3 Å². The molecule has 1 heterocycles. The number of furan rings is 1. The van der Waals surface area contributed by atoms with Gasteiger partial charge in [0.15, 0.2) is 11.5 Å². The predicted molar refractivity (Wildman–Crippen MR) is 57.3 cm³/mol. The van der Waals surface area contributed by atoms with Gasteiger partial charge in [0.25, 0.3) is 0 Å². The third kappa shape index (κ3) is 1.91. The van der Waals surface area contributed by atoms with Gasteiger partial charge in [-0.2, -0.15) is 0 Å². The van der Waals surface area contributed by atoms with Gasteiger partial charge in [-0.25, -0.2) is 0 Å². The van der Waals surface area contributed by atoms with Crippen LogP contribution in [0.1, 0.15) is 17.1 Å². The summed E-state index contributed by atoms with van der Waals surface area (Å²) in [7, 11) is 0. The van der Waals surface area contributed by atoms with Crippen LogP contribution in [0.2, 0.25) is 0 Å². The minimum absolute atomic E-state index is 0.448. The van der Waals surface area contributed by atoms with Crippen molar-refractivity contribution in [2.45, 2.75) is 6.92 Å². The molecule has 1 N–H and O–H groups in total. The van der Waals surface area contributed by atoms with Crippen molar-refractivity contribution in [2.24, 2.45) is 5.16 Å². The molecular weight excluding hydrogens is 190 g/mol. The number of hydrogen-bond acceptors (Lipinski definition) is 3. The van der Waals surface area contributed by atoms with Gasteiger partial charge in [0.2, 0.25) is 0 Å². The third-order valence-corrected chi connectivity index (χ3v) is 2.12. The Bertz CT molecular complexity index is 471. The number of aryl methyl sites for hydroxylation is 1. The van der Waals surface area contributed by atoms with E-state index in [2.05, 4.69) is 5.16 Å². The van der Waals surface area contributed by atoms with Gasteiger partial charge in [-0.05, 0) is 19.1 Å². The van der Waals surface area contributed by atoms with Crippen LogP contribution < -0.4 is 0 Å². The van der Waals surface area contributed by atoms with Crippen LogP contribution in [0.25, 0.3) is 0 Å². The van der Waals surface area contributed by atoms with Crippen LogP contribution in [0.5, 0.6) is 0 Å². The molecule has 76 valence electrons. The zero-order valence-electron chi connectivity index (χ0n) is 8.34. The largest absolute Gasteiger partial charge is 0.460 e. The summed E-state index contributed by atoms with van der Waals surface area (Å²) in [6, 6.07) is 13.0. The molecule has 0 amide bonds. The fraction of sp³-hybridized carbons (Fsp3) is 0.0833. The topological polar surface area (TPSA) is 45.7 Å². The van der Waals surface area contributed by atoms with Gasteiger partial charge >= 0.3 is 0 Å². The average Bonchev–Trinajstić information content (AvgIpc) is 2.68. The molecule has 0 aliphatic rings. The van der Waals surface area contributed by atoms with E-state index in [4.69, 9.17) is 9.62 Å². The molecule has 3 nitrogen and oxygen atoms in total. The lowest BCUT2D eigenvalue weighted by Crippen LogP contribution is -2.01. The van der Waals surface area contributed by atoms with Crippen molar-refractivity contribution < 1.29 is 9.62 Å². The van der Waals surface area contributed by atoms with Gasteiger partial charge in [0, 0.05) is 5.56 Å². The predicted octanol–water partition coefficient (Wildman–Crippen LogP) is 2.81. The highest BCUT2D eigenvalue weighted by Gasteiger charge is 2.10. The van der Waals surface area contributed by atoms with E-state index >= 15 is 0 Å². The number of oxime groups is 1. The summed E-state index contributed by atoms with van der Waals surface area (Å²) >= 11 is 0. The lowest BCUT2D eigenvalue weighted by molar-refractivity contribution is 0.318. The fourth-order valence-corrected chi connectivity index (χ4v) is 1.41. The number of rotatable bonds is 2. The van der Waals surface area contributed by atoms with Gasteiger partial charge < -0.3 is 9.62 Å². The van der Waals surface area contributed by atoms with Crippen LogP contribution in [0.15, 0.2) is 52.0 Å². The summed E-state index contributed by atoms with van der Waals surface area (Å²) < 4.78 is 5.40. The SMILES string of the molecule is Cc1ccc(C(=NO)c2ccccc2)o1. The summed E-state index contributed by atoms with van der Waals surface area (Å²) in [5.74, 6) is 1.36. The Morgan fingerprint density at radius 3 is 2.40 bits per heavy atom. The van der Waals surface area contributed by atoms with Gasteiger partial charge in [0.05, 0.1) is 0 Å². The molecule has 15 heavy (non-hydrogen) atoms. The fourth-order valence-electron chi connectivity index (χ4n) is 1.41. The Kier molecular flexibility index (Phi) is 2.54. The van der Waals surface area contributed by atoms with Gasteiger partial charge in [0.1, 0.15) is 5.76 Å². The molecule has 0 aliphatic heterocycles. The maximum Gasteiger partial charge on any atom is 0.156 e. The quantitative estimate of drug-likeness (QED) is 0.461. The van der Waals surface area contributed by atoms with Crippen LogP contribution in [-0.4, -0.2) is 10.9 Å². The number of hydrogen-bond donors (Lipinski definition) is 1. The molecule has 0 saturated heterocycles. The third-order valence-electron chi connectivity index (χ3n) is 2.12. The molecule has 0 fully saturated rings. The molecular formula is C12H11NO2. The van der Waals surface area contributed by atoms with Crippen LogP contribution >= 0.6 is 0 Å². The van der Waals surface area contributed by atoms with Crippen molar-refractivity contribution in [1.29, 1.82) is 0 Å². The molecule has 2 rings (SSSR count). The Morgan fingerprint density at radius 1 is 1.13 bits per heavy atom. The van der Waals surface area contributed by atoms with E-state index in [9.17, 15) is 0 Å². The molecule has 0 unspecified atom stereocenters. The lowest BCUT2D eigenvalue weighted by atomic mass is 10.1. The minimum atomic E-state index is 0.448. The van der Waals surface area contributed by atoms with Crippen molar-refractivity contribution in [2.75, 3.05) is 0 Å². The van der Waals surface area contributed by atoms with E-state index in [1.54, 1.807) is 6.07 Å². The maximum absolute atomic E-state index is 8.97. The van der Waals surface area contributed by atoms with Crippen LogP contribution in [0.4, 0.5) is 0 Å². The van der Waals surface area contributed by atoms with Crippen LogP contribution in [0, 0.1) is 6.92 Å². The Labute approximate surface area is 87.7 Å². The van der Waals surface area contributed by atoms with Crippen LogP contribution in [-0.2, 0) is 0 Å². The van der Waals surface area contributed by atoms with Crippen molar-refractivity contribution >= 4 is 5.71 Å². The van der Waals surface area contributed by atoms with E-state index in [0.29, 0.717) is 11.5 Å². The standard InChI is InChI=1S/C12H11NO2/c1-9-7-8-11(15-9)12(13-14)10-5-3-2-4-6-10/h2-8,14H,1H3. The molecule has 3 heteroatoms. The Hall–Kier alpha value is -2.03. The zero-order chi connectivity index (χ0) is 10.7. The molecule has 0 radical (unpaired) electrons. The van der Waals surface area contributed by atoms with E-state index < -0.39 is 0 Å². The normalized spacial score (nSPS) is 11.7. The first-order valence-electron chi connectivity index (χ1n) is 4.65. The first kappa shape index (κ1) is 9.52. The van der Waals surface area contributed by atoms with Gasteiger partial charge in [-0.15, -0.1) is 0 Å². The molecule has 0 saturated carbocycles. The van der Waals surface area contributed by atoms with Crippen molar-refractivity contribution in [3.8, 4) is 0 Å². The van der Waals surface area contributed by atoms with Crippen molar-refractivity contribution in [3.05, 3.63) is 59.5 Å². The second-order valence-electron chi connectivity index (χ2n) is 3.22. The molecule has 0 bridgehead atoms. The molecule has 1 aromatic heterocycles. The maximum atomic E-state index is 8.97. The second kappa shape index (κ2) is 4.00. The highest BCUT2D eigenvalue weighted by atomic mass is 16.4. The van der Waals surface area contributed by atoms with Crippen LogP contribution in [0.3, 0.4) is 0 Å². The summed E-state index contributed by atoms with van der Waals surface area (Å²) in [6.07, 6.45) is 0. The lowest BCUT2D eigenvalue weighted by Gasteiger charge is -2.00. The smallest absolute Gasteiger partial charge is 0.156 e. The molecule has 0 spiro atoms. The van der Waals surface area contributed by atoms with Crippen molar-refractivity contribution in [1.82, 2.24) is 0 Å². The Balaban J connectivity index is 2.43.